The van der Waals surface area contributed by atoms with Crippen molar-refractivity contribution in [1.82, 2.24) is 0 Å². The third-order valence-corrected chi connectivity index (χ3v) is 4.02. The highest BCUT2D eigenvalue weighted by Gasteiger charge is 2.32. The van der Waals surface area contributed by atoms with E-state index in [9.17, 15) is 0 Å². The first-order valence-corrected chi connectivity index (χ1v) is 6.68. The molecule has 0 bridgehead atoms. The molecule has 0 aromatic heterocycles. The van der Waals surface area contributed by atoms with Gasteiger partial charge in [-0.2, -0.15) is 0 Å². The number of nitrogens with two attached hydrogens (primary N) is 1. The van der Waals surface area contributed by atoms with E-state index in [2.05, 4.69) is 0 Å². The van der Waals surface area contributed by atoms with Gasteiger partial charge in [-0.25, -0.2) is 0 Å². The summed E-state index contributed by atoms with van der Waals surface area (Å²) in [4.78, 5) is 0. The smallest absolute Gasteiger partial charge is 0.121 e. The second-order valence-electron chi connectivity index (χ2n) is 4.96. The Morgan fingerprint density at radius 3 is 2.59 bits per heavy atom. The lowest BCUT2D eigenvalue weighted by Crippen LogP contribution is -2.45. The molecule has 0 unspecified atom stereocenters. The van der Waals surface area contributed by atoms with Gasteiger partial charge in [-0.1, -0.05) is 18.0 Å². The molecule has 1 aliphatic rings. The molecule has 1 aromatic rings. The Labute approximate surface area is 108 Å². The maximum absolute atomic E-state index is 6.14. The number of hydrogen-bond acceptors (Lipinski definition) is 2. The Bertz CT molecular complexity index is 386. The van der Waals surface area contributed by atoms with Crippen molar-refractivity contribution >= 4 is 11.6 Å². The van der Waals surface area contributed by atoms with Crippen LogP contribution in [0.4, 0.5) is 0 Å². The van der Waals surface area contributed by atoms with E-state index >= 15 is 0 Å². The van der Waals surface area contributed by atoms with Crippen molar-refractivity contribution in [3.8, 4) is 5.75 Å². The fourth-order valence-corrected chi connectivity index (χ4v) is 2.59. The average Bonchev–Trinajstić information content (AvgIpc) is 2.35. The first-order valence-electron chi connectivity index (χ1n) is 6.30. The van der Waals surface area contributed by atoms with E-state index in [1.807, 2.05) is 25.1 Å². The van der Waals surface area contributed by atoms with Crippen LogP contribution in [0, 0.1) is 6.92 Å². The normalized spacial score (nSPS) is 19.0. The Hall–Kier alpha value is -0.730. The topological polar surface area (TPSA) is 35.2 Å². The third kappa shape index (κ3) is 2.93. The molecule has 2 rings (SSSR count). The molecular weight excluding hydrogens is 234 g/mol. The zero-order valence-electron chi connectivity index (χ0n) is 10.3. The van der Waals surface area contributed by atoms with E-state index in [4.69, 9.17) is 22.1 Å². The molecule has 0 aliphatic heterocycles. The third-order valence-electron chi connectivity index (χ3n) is 3.60. The molecule has 0 amide bonds. The van der Waals surface area contributed by atoms with Gasteiger partial charge in [0.1, 0.15) is 11.4 Å². The number of aryl methyl sites for hydroxylation is 1. The van der Waals surface area contributed by atoms with Crippen LogP contribution in [-0.2, 0) is 0 Å². The molecule has 1 saturated carbocycles. The van der Waals surface area contributed by atoms with E-state index in [1.165, 1.54) is 19.3 Å². The Morgan fingerprint density at radius 1 is 1.29 bits per heavy atom. The van der Waals surface area contributed by atoms with Gasteiger partial charge in [-0.05, 0) is 56.4 Å². The number of rotatable bonds is 3. The van der Waals surface area contributed by atoms with E-state index in [0.29, 0.717) is 6.54 Å². The number of ether oxygens (including phenoxy) is 1. The largest absolute Gasteiger partial charge is 0.486 e. The van der Waals surface area contributed by atoms with Gasteiger partial charge < -0.3 is 10.5 Å². The van der Waals surface area contributed by atoms with Crippen LogP contribution in [0.2, 0.25) is 5.02 Å². The van der Waals surface area contributed by atoms with Gasteiger partial charge >= 0.3 is 0 Å². The summed E-state index contributed by atoms with van der Waals surface area (Å²) in [6.45, 7) is 2.58. The fraction of sp³-hybridized carbons (Fsp3) is 0.571. The highest BCUT2D eigenvalue weighted by atomic mass is 35.5. The van der Waals surface area contributed by atoms with Gasteiger partial charge in [0, 0.05) is 11.6 Å². The minimum Gasteiger partial charge on any atom is -0.486 e. The molecule has 0 saturated heterocycles. The van der Waals surface area contributed by atoms with E-state index in [0.717, 1.165) is 29.2 Å². The molecular formula is C14H20ClNO. The van der Waals surface area contributed by atoms with E-state index < -0.39 is 0 Å². The van der Waals surface area contributed by atoms with Gasteiger partial charge in [-0.15, -0.1) is 0 Å². The highest BCUT2D eigenvalue weighted by molar-refractivity contribution is 6.31. The maximum atomic E-state index is 6.14. The molecule has 0 radical (unpaired) electrons. The minimum absolute atomic E-state index is 0.154. The second-order valence-corrected chi connectivity index (χ2v) is 5.37. The highest BCUT2D eigenvalue weighted by Crippen LogP contribution is 2.33. The molecule has 2 nitrogen and oxygen atoms in total. The van der Waals surface area contributed by atoms with Crippen LogP contribution in [0.15, 0.2) is 18.2 Å². The first-order chi connectivity index (χ1) is 8.15. The quantitative estimate of drug-likeness (QED) is 0.892. The monoisotopic (exact) mass is 253 g/mol. The summed E-state index contributed by atoms with van der Waals surface area (Å²) in [6.07, 6.45) is 5.84. The van der Waals surface area contributed by atoms with Crippen LogP contribution in [0.3, 0.4) is 0 Å². The Balaban J connectivity index is 2.14. The van der Waals surface area contributed by atoms with Crippen molar-refractivity contribution in [3.63, 3.8) is 0 Å². The molecule has 1 aromatic carbocycles. The predicted octanol–water partition coefficient (Wildman–Crippen LogP) is 3.69. The van der Waals surface area contributed by atoms with Crippen LogP contribution in [-0.4, -0.2) is 12.1 Å². The Kier molecular flexibility index (Phi) is 3.95. The fourth-order valence-electron chi connectivity index (χ4n) is 2.47. The van der Waals surface area contributed by atoms with Crippen LogP contribution >= 0.6 is 11.6 Å². The summed E-state index contributed by atoms with van der Waals surface area (Å²) in [5.74, 6) is 0.888. The summed E-state index contributed by atoms with van der Waals surface area (Å²) in [6, 6.07) is 5.81. The SMILES string of the molecule is Cc1cc(OC2(CN)CCCCC2)ccc1Cl. The molecule has 0 atom stereocenters. The lowest BCUT2D eigenvalue weighted by molar-refractivity contribution is 0.0386. The lowest BCUT2D eigenvalue weighted by atomic mass is 9.84. The maximum Gasteiger partial charge on any atom is 0.121 e. The summed E-state index contributed by atoms with van der Waals surface area (Å²) in [5, 5.41) is 0.780. The Morgan fingerprint density at radius 2 is 2.00 bits per heavy atom. The van der Waals surface area contributed by atoms with Crippen molar-refractivity contribution in [2.24, 2.45) is 5.73 Å². The molecule has 94 valence electrons. The molecule has 1 aliphatic carbocycles. The number of hydrogen-bond donors (Lipinski definition) is 1. The average molecular weight is 254 g/mol. The summed E-state index contributed by atoms with van der Waals surface area (Å²) >= 11 is 6.01. The standard InChI is InChI=1S/C14H20ClNO/c1-11-9-12(5-6-13(11)15)17-14(10-16)7-3-2-4-8-14/h5-6,9H,2-4,7-8,10,16H2,1H3. The zero-order valence-corrected chi connectivity index (χ0v) is 11.1. The molecule has 0 spiro atoms. The van der Waals surface area contributed by atoms with Crippen LogP contribution < -0.4 is 10.5 Å². The summed E-state index contributed by atoms with van der Waals surface area (Å²) in [5.41, 5.74) is 6.80. The second kappa shape index (κ2) is 5.28. The van der Waals surface area contributed by atoms with Crippen LogP contribution in [0.5, 0.6) is 5.75 Å². The minimum atomic E-state index is -0.154. The first kappa shape index (κ1) is 12.7. The summed E-state index contributed by atoms with van der Waals surface area (Å²) < 4.78 is 6.14. The number of halogens is 1. The van der Waals surface area contributed by atoms with Gasteiger partial charge in [0.25, 0.3) is 0 Å². The lowest BCUT2D eigenvalue weighted by Gasteiger charge is -2.36. The van der Waals surface area contributed by atoms with Crippen molar-refractivity contribution in [1.29, 1.82) is 0 Å². The van der Waals surface area contributed by atoms with Gasteiger partial charge in [0.2, 0.25) is 0 Å². The predicted molar refractivity (Wildman–Crippen MR) is 71.7 cm³/mol. The van der Waals surface area contributed by atoms with Gasteiger partial charge in [0.15, 0.2) is 0 Å². The van der Waals surface area contributed by atoms with Crippen molar-refractivity contribution < 1.29 is 4.74 Å². The molecule has 3 heteroatoms. The van der Waals surface area contributed by atoms with Gasteiger partial charge in [0.05, 0.1) is 0 Å². The van der Waals surface area contributed by atoms with Gasteiger partial charge in [-0.3, -0.25) is 0 Å². The van der Waals surface area contributed by atoms with Crippen LogP contribution in [0.1, 0.15) is 37.7 Å². The molecule has 1 fully saturated rings. The molecule has 0 heterocycles. The number of benzene rings is 1. The molecule has 17 heavy (non-hydrogen) atoms. The van der Waals surface area contributed by atoms with Crippen LogP contribution in [0.25, 0.3) is 0 Å². The van der Waals surface area contributed by atoms with Crippen molar-refractivity contribution in [2.45, 2.75) is 44.6 Å². The zero-order chi connectivity index (χ0) is 12.3. The van der Waals surface area contributed by atoms with Crippen molar-refractivity contribution in [3.05, 3.63) is 28.8 Å². The van der Waals surface area contributed by atoms with Crippen molar-refractivity contribution in [2.75, 3.05) is 6.54 Å². The summed E-state index contributed by atoms with van der Waals surface area (Å²) in [7, 11) is 0. The molecule has 2 N–H and O–H groups in total. The van der Waals surface area contributed by atoms with E-state index in [-0.39, 0.29) is 5.60 Å². The van der Waals surface area contributed by atoms with E-state index in [1.54, 1.807) is 0 Å².